The van der Waals surface area contributed by atoms with Crippen molar-refractivity contribution in [1.82, 2.24) is 4.90 Å². The predicted molar refractivity (Wildman–Crippen MR) is 106 cm³/mol. The number of amidine groups is 1. The Kier molecular flexibility index (Phi) is 6.42. The van der Waals surface area contributed by atoms with Gasteiger partial charge >= 0.3 is 0 Å². The number of hydrogen-bond acceptors (Lipinski definition) is 2. The van der Waals surface area contributed by atoms with Crippen LogP contribution >= 0.6 is 0 Å². The van der Waals surface area contributed by atoms with Crippen LogP contribution < -0.4 is 0 Å². The molecule has 1 atom stereocenters. The molecular formula is C22H32N2. The summed E-state index contributed by atoms with van der Waals surface area (Å²) in [7, 11) is 0. The van der Waals surface area contributed by atoms with Crippen molar-refractivity contribution in [2.24, 2.45) is 10.9 Å². The number of aliphatic imine (C=N–C) groups is 1. The Bertz CT molecular complexity index is 612. The van der Waals surface area contributed by atoms with Crippen LogP contribution in [0.5, 0.6) is 0 Å². The second-order valence-electron chi connectivity index (χ2n) is 6.69. The van der Waals surface area contributed by atoms with Gasteiger partial charge in [0.2, 0.25) is 0 Å². The Hall–Kier alpha value is -1.83. The van der Waals surface area contributed by atoms with E-state index in [1.807, 2.05) is 6.08 Å². The van der Waals surface area contributed by atoms with Gasteiger partial charge in [0, 0.05) is 11.4 Å². The van der Waals surface area contributed by atoms with Gasteiger partial charge in [0.25, 0.3) is 0 Å². The Morgan fingerprint density at radius 3 is 2.58 bits per heavy atom. The predicted octanol–water partition coefficient (Wildman–Crippen LogP) is 6.17. The third kappa shape index (κ3) is 3.80. The molecule has 1 unspecified atom stereocenters. The largest absolute Gasteiger partial charge is 0.323 e. The first-order valence-corrected chi connectivity index (χ1v) is 9.30. The summed E-state index contributed by atoms with van der Waals surface area (Å²) in [6.07, 6.45) is 14.1. The van der Waals surface area contributed by atoms with Crippen molar-refractivity contribution in [2.75, 3.05) is 0 Å². The van der Waals surface area contributed by atoms with Gasteiger partial charge in [0.15, 0.2) is 0 Å². The maximum absolute atomic E-state index is 4.95. The number of rotatable bonds is 8. The first-order valence-electron chi connectivity index (χ1n) is 9.30. The van der Waals surface area contributed by atoms with E-state index in [1.165, 1.54) is 29.7 Å². The average molecular weight is 325 g/mol. The Morgan fingerprint density at radius 2 is 2.08 bits per heavy atom. The van der Waals surface area contributed by atoms with Gasteiger partial charge in [-0.3, -0.25) is 0 Å². The SMILES string of the molecule is C=C/C=C(\C=C/C)C(C1CC1)N1C(=C)C(CCC)=C(CC)N=C1C. The lowest BCUT2D eigenvalue weighted by molar-refractivity contribution is 0.381. The van der Waals surface area contributed by atoms with E-state index in [4.69, 9.17) is 4.99 Å². The van der Waals surface area contributed by atoms with E-state index < -0.39 is 0 Å². The van der Waals surface area contributed by atoms with Crippen LogP contribution in [0.15, 0.2) is 65.0 Å². The number of hydrogen-bond donors (Lipinski definition) is 0. The highest BCUT2D eigenvalue weighted by atomic mass is 15.2. The molecule has 0 aromatic carbocycles. The zero-order valence-electron chi connectivity index (χ0n) is 15.8. The molecule has 0 spiro atoms. The maximum Gasteiger partial charge on any atom is 0.106 e. The van der Waals surface area contributed by atoms with Crippen molar-refractivity contribution >= 4 is 5.84 Å². The van der Waals surface area contributed by atoms with E-state index >= 15 is 0 Å². The molecule has 0 radical (unpaired) electrons. The lowest BCUT2D eigenvalue weighted by atomic mass is 9.94. The minimum atomic E-state index is 0.320. The van der Waals surface area contributed by atoms with E-state index in [9.17, 15) is 0 Å². The van der Waals surface area contributed by atoms with E-state index in [0.717, 1.165) is 30.8 Å². The van der Waals surface area contributed by atoms with Gasteiger partial charge in [-0.15, -0.1) is 0 Å². The first-order chi connectivity index (χ1) is 11.6. The molecule has 0 bridgehead atoms. The summed E-state index contributed by atoms with van der Waals surface area (Å²) in [6.45, 7) is 17.0. The molecule has 1 aliphatic heterocycles. The van der Waals surface area contributed by atoms with Gasteiger partial charge in [-0.05, 0) is 56.6 Å². The van der Waals surface area contributed by atoms with Crippen LogP contribution in [-0.2, 0) is 0 Å². The lowest BCUT2D eigenvalue weighted by Crippen LogP contribution is -2.42. The maximum atomic E-state index is 4.95. The molecule has 0 amide bonds. The lowest BCUT2D eigenvalue weighted by Gasteiger charge is -2.39. The van der Waals surface area contributed by atoms with Crippen molar-refractivity contribution in [3.05, 3.63) is 60.0 Å². The average Bonchev–Trinajstić information content (AvgIpc) is 3.38. The highest BCUT2D eigenvalue weighted by Gasteiger charge is 2.40. The summed E-state index contributed by atoms with van der Waals surface area (Å²) in [5, 5.41) is 0. The van der Waals surface area contributed by atoms with Crippen LogP contribution in [0.2, 0.25) is 0 Å². The molecule has 0 aromatic rings. The molecule has 0 aromatic heterocycles. The Labute approximate surface area is 148 Å². The molecular weight excluding hydrogens is 292 g/mol. The molecule has 24 heavy (non-hydrogen) atoms. The molecule has 2 nitrogen and oxygen atoms in total. The smallest absolute Gasteiger partial charge is 0.106 e. The van der Waals surface area contributed by atoms with Gasteiger partial charge in [0.1, 0.15) is 5.84 Å². The zero-order chi connectivity index (χ0) is 17.7. The minimum Gasteiger partial charge on any atom is -0.323 e. The Morgan fingerprint density at radius 1 is 1.38 bits per heavy atom. The van der Waals surface area contributed by atoms with Gasteiger partial charge in [0.05, 0.1) is 6.04 Å². The quantitative estimate of drug-likeness (QED) is 0.488. The second-order valence-corrected chi connectivity index (χ2v) is 6.69. The molecule has 1 heterocycles. The van der Waals surface area contributed by atoms with Crippen LogP contribution in [0.4, 0.5) is 0 Å². The van der Waals surface area contributed by atoms with Crippen LogP contribution in [0.1, 0.15) is 59.8 Å². The summed E-state index contributed by atoms with van der Waals surface area (Å²) < 4.78 is 0. The van der Waals surface area contributed by atoms with E-state index in [1.54, 1.807) is 0 Å². The molecule has 2 aliphatic rings. The fourth-order valence-corrected chi connectivity index (χ4v) is 3.65. The molecule has 2 heteroatoms. The number of allylic oxidation sites excluding steroid dienone is 5. The highest BCUT2D eigenvalue weighted by molar-refractivity contribution is 5.86. The van der Waals surface area contributed by atoms with Gasteiger partial charge in [-0.2, -0.15) is 0 Å². The van der Waals surface area contributed by atoms with E-state index in [2.05, 4.69) is 64.0 Å². The summed E-state index contributed by atoms with van der Waals surface area (Å²) in [5.41, 5.74) is 5.01. The molecule has 1 aliphatic carbocycles. The fraction of sp³-hybridized carbons (Fsp3) is 0.500. The summed E-state index contributed by atoms with van der Waals surface area (Å²) in [4.78, 5) is 7.34. The molecule has 0 N–H and O–H groups in total. The van der Waals surface area contributed by atoms with Crippen LogP contribution in [0.3, 0.4) is 0 Å². The third-order valence-corrected chi connectivity index (χ3v) is 4.83. The van der Waals surface area contributed by atoms with Crippen LogP contribution in [0, 0.1) is 5.92 Å². The zero-order valence-corrected chi connectivity index (χ0v) is 15.8. The molecule has 0 saturated heterocycles. The topological polar surface area (TPSA) is 15.6 Å². The van der Waals surface area contributed by atoms with Crippen molar-refractivity contribution in [3.8, 4) is 0 Å². The highest BCUT2D eigenvalue weighted by Crippen LogP contribution is 2.43. The summed E-state index contributed by atoms with van der Waals surface area (Å²) in [5.74, 6) is 1.76. The molecule has 2 rings (SSSR count). The van der Waals surface area contributed by atoms with E-state index in [0.29, 0.717) is 12.0 Å². The number of nitrogens with zero attached hydrogens (tertiary/aromatic N) is 2. The van der Waals surface area contributed by atoms with Crippen molar-refractivity contribution in [1.29, 1.82) is 0 Å². The fourth-order valence-electron chi connectivity index (χ4n) is 3.65. The molecule has 1 saturated carbocycles. The van der Waals surface area contributed by atoms with Crippen molar-refractivity contribution in [2.45, 2.75) is 65.8 Å². The molecule has 1 fully saturated rings. The van der Waals surface area contributed by atoms with Gasteiger partial charge in [-0.1, -0.05) is 57.7 Å². The Balaban J connectivity index is 2.46. The van der Waals surface area contributed by atoms with Crippen LogP contribution in [0.25, 0.3) is 0 Å². The van der Waals surface area contributed by atoms with Gasteiger partial charge in [-0.25, -0.2) is 4.99 Å². The van der Waals surface area contributed by atoms with Crippen molar-refractivity contribution < 1.29 is 0 Å². The first kappa shape index (κ1) is 18.5. The normalized spacial score (nSPS) is 20.7. The van der Waals surface area contributed by atoms with Gasteiger partial charge < -0.3 is 4.90 Å². The second kappa shape index (κ2) is 8.32. The van der Waals surface area contributed by atoms with E-state index in [-0.39, 0.29) is 0 Å². The molecule has 130 valence electrons. The van der Waals surface area contributed by atoms with Crippen LogP contribution in [-0.4, -0.2) is 16.8 Å². The standard InChI is InChI=1S/C22H32N2/c1-7-11-18(12-8-2)22(19-14-15-19)24-16(5)20(13-9-3)21(10-4)23-17(24)6/h7-8,11-12,19,22H,1,5,9-10,13-15H2,2-4,6H3/b12-8-,18-11+. The monoisotopic (exact) mass is 324 g/mol. The van der Waals surface area contributed by atoms with Crippen molar-refractivity contribution in [3.63, 3.8) is 0 Å². The summed E-state index contributed by atoms with van der Waals surface area (Å²) in [6, 6.07) is 0.320. The summed E-state index contributed by atoms with van der Waals surface area (Å²) >= 11 is 0. The third-order valence-electron chi connectivity index (χ3n) is 4.83. The minimum absolute atomic E-state index is 0.320.